The Balaban J connectivity index is 1.77. The van der Waals surface area contributed by atoms with Gasteiger partial charge in [-0.3, -0.25) is 19.8 Å². The minimum atomic E-state index is -0.389. The average Bonchev–Trinajstić information content (AvgIpc) is 3.03. The Morgan fingerprint density at radius 2 is 1.92 bits per heavy atom. The minimum Gasteiger partial charge on any atom is -0.438 e. The van der Waals surface area contributed by atoms with E-state index in [1.54, 1.807) is 12.3 Å². The van der Waals surface area contributed by atoms with Gasteiger partial charge in [-0.05, 0) is 31.0 Å². The molecule has 128 valence electrons. The lowest BCUT2D eigenvalue weighted by atomic mass is 10.1. The predicted molar refractivity (Wildman–Crippen MR) is 92.8 cm³/mol. The van der Waals surface area contributed by atoms with E-state index in [1.165, 1.54) is 6.07 Å². The van der Waals surface area contributed by atoms with E-state index in [9.17, 15) is 9.59 Å². The average molecular weight is 338 g/mol. The highest BCUT2D eigenvalue weighted by Gasteiger charge is 2.12. The van der Waals surface area contributed by atoms with Gasteiger partial charge >= 0.3 is 0 Å². The van der Waals surface area contributed by atoms with Crippen LogP contribution in [0.25, 0.3) is 0 Å². The first-order valence-corrected chi connectivity index (χ1v) is 7.78. The second-order valence-corrected chi connectivity index (χ2v) is 5.65. The fourth-order valence-corrected chi connectivity index (χ4v) is 2.43. The summed E-state index contributed by atoms with van der Waals surface area (Å²) in [5.41, 5.74) is 2.56. The normalized spacial score (nSPS) is 10.5. The first-order valence-electron chi connectivity index (χ1n) is 7.78. The van der Waals surface area contributed by atoms with Gasteiger partial charge in [-0.15, -0.1) is 0 Å². The molecule has 1 amide bonds. The van der Waals surface area contributed by atoms with Crippen molar-refractivity contribution in [1.82, 2.24) is 20.5 Å². The standard InChI is InChI=1S/C18H18N4O3/c1-11-5-3-6-12(2)16(11)25-18-13(7-4-8-19-18)10-20-17(24)14-9-15(23)22-21-14/h3-9H,10H2,1-2H3,(H,20,24)(H2,21,22,23). The minimum absolute atomic E-state index is 0.172. The van der Waals surface area contributed by atoms with Crippen LogP contribution in [-0.2, 0) is 6.54 Å². The summed E-state index contributed by atoms with van der Waals surface area (Å²) in [5, 5.41) is 7.58. The third-order valence-corrected chi connectivity index (χ3v) is 3.74. The smallest absolute Gasteiger partial charge is 0.269 e. The molecule has 0 unspecified atom stereocenters. The summed E-state index contributed by atoms with van der Waals surface area (Å²) in [4.78, 5) is 27.4. The molecule has 3 aromatic rings. The van der Waals surface area contributed by atoms with E-state index in [4.69, 9.17) is 4.74 Å². The largest absolute Gasteiger partial charge is 0.438 e. The monoisotopic (exact) mass is 338 g/mol. The molecule has 7 heteroatoms. The number of ether oxygens (including phenoxy) is 1. The highest BCUT2D eigenvalue weighted by Crippen LogP contribution is 2.29. The summed E-state index contributed by atoms with van der Waals surface area (Å²) in [6.07, 6.45) is 1.64. The van der Waals surface area contributed by atoms with E-state index in [0.717, 1.165) is 22.4 Å². The third kappa shape index (κ3) is 3.77. The number of H-pyrrole nitrogens is 2. The Bertz CT molecular complexity index is 938. The molecule has 3 rings (SSSR count). The molecular formula is C18H18N4O3. The van der Waals surface area contributed by atoms with Crippen LogP contribution in [0.3, 0.4) is 0 Å². The summed E-state index contributed by atoms with van der Waals surface area (Å²) in [6.45, 7) is 4.16. The van der Waals surface area contributed by atoms with Crippen LogP contribution < -0.4 is 15.6 Å². The maximum Gasteiger partial charge on any atom is 0.269 e. The fraction of sp³-hybridized carbons (Fsp3) is 0.167. The van der Waals surface area contributed by atoms with Gasteiger partial charge in [0.25, 0.3) is 11.5 Å². The predicted octanol–water partition coefficient (Wildman–Crippen LogP) is 2.44. The number of para-hydroxylation sites is 1. The molecule has 1 aromatic carbocycles. The van der Waals surface area contributed by atoms with Crippen LogP contribution in [-0.4, -0.2) is 21.1 Å². The number of hydrogen-bond donors (Lipinski definition) is 3. The number of rotatable bonds is 5. The van der Waals surface area contributed by atoms with E-state index in [2.05, 4.69) is 20.5 Å². The number of carbonyl (C=O) groups excluding carboxylic acids is 1. The molecule has 0 radical (unpaired) electrons. The first-order chi connectivity index (χ1) is 12.0. The number of aromatic amines is 2. The van der Waals surface area contributed by atoms with Crippen molar-refractivity contribution in [2.45, 2.75) is 20.4 Å². The van der Waals surface area contributed by atoms with Gasteiger partial charge in [0.2, 0.25) is 5.88 Å². The zero-order valence-electron chi connectivity index (χ0n) is 13.9. The fourth-order valence-electron chi connectivity index (χ4n) is 2.43. The van der Waals surface area contributed by atoms with Crippen molar-refractivity contribution in [2.75, 3.05) is 0 Å². The van der Waals surface area contributed by atoms with Gasteiger partial charge in [0.15, 0.2) is 0 Å². The van der Waals surface area contributed by atoms with E-state index < -0.39 is 0 Å². The zero-order valence-corrected chi connectivity index (χ0v) is 13.9. The maximum absolute atomic E-state index is 12.0. The second kappa shape index (κ2) is 7.04. The van der Waals surface area contributed by atoms with Crippen molar-refractivity contribution < 1.29 is 9.53 Å². The number of carbonyl (C=O) groups is 1. The van der Waals surface area contributed by atoms with Gasteiger partial charge in [0.05, 0.1) is 0 Å². The van der Waals surface area contributed by atoms with Gasteiger partial charge in [-0.2, -0.15) is 0 Å². The Kier molecular flexibility index (Phi) is 4.65. The highest BCUT2D eigenvalue weighted by molar-refractivity contribution is 5.92. The zero-order chi connectivity index (χ0) is 17.8. The van der Waals surface area contributed by atoms with E-state index in [1.807, 2.05) is 38.1 Å². The molecule has 0 saturated carbocycles. The number of pyridine rings is 1. The lowest BCUT2D eigenvalue weighted by molar-refractivity contribution is 0.0945. The van der Waals surface area contributed by atoms with Gasteiger partial charge in [-0.25, -0.2) is 4.98 Å². The Morgan fingerprint density at radius 1 is 1.16 bits per heavy atom. The number of aromatic nitrogens is 3. The number of benzene rings is 1. The van der Waals surface area contributed by atoms with Crippen molar-refractivity contribution in [3.63, 3.8) is 0 Å². The molecule has 0 aliphatic carbocycles. The van der Waals surface area contributed by atoms with Crippen molar-refractivity contribution in [1.29, 1.82) is 0 Å². The summed E-state index contributed by atoms with van der Waals surface area (Å²) < 4.78 is 5.99. The molecule has 25 heavy (non-hydrogen) atoms. The van der Waals surface area contributed by atoms with Crippen LogP contribution in [0.5, 0.6) is 11.6 Å². The van der Waals surface area contributed by atoms with E-state index in [0.29, 0.717) is 5.88 Å². The lowest BCUT2D eigenvalue weighted by Gasteiger charge is -2.14. The Hall–Kier alpha value is -3.35. The second-order valence-electron chi connectivity index (χ2n) is 5.65. The Labute approximate surface area is 144 Å². The highest BCUT2D eigenvalue weighted by atomic mass is 16.5. The quantitative estimate of drug-likeness (QED) is 0.665. The molecule has 0 saturated heterocycles. The van der Waals surface area contributed by atoms with Crippen molar-refractivity contribution in [3.05, 3.63) is 75.3 Å². The molecule has 0 atom stereocenters. The number of aryl methyl sites for hydroxylation is 2. The molecule has 0 bridgehead atoms. The van der Waals surface area contributed by atoms with Crippen LogP contribution in [0, 0.1) is 13.8 Å². The third-order valence-electron chi connectivity index (χ3n) is 3.74. The summed E-state index contributed by atoms with van der Waals surface area (Å²) >= 11 is 0. The topological polar surface area (TPSA) is 99.9 Å². The molecule has 0 aliphatic rings. The molecule has 0 aliphatic heterocycles. The van der Waals surface area contributed by atoms with Crippen molar-refractivity contribution >= 4 is 5.91 Å². The van der Waals surface area contributed by atoms with Crippen molar-refractivity contribution in [3.8, 4) is 11.6 Å². The number of hydrogen-bond acceptors (Lipinski definition) is 4. The molecule has 3 N–H and O–H groups in total. The van der Waals surface area contributed by atoms with Crippen LogP contribution in [0.2, 0.25) is 0 Å². The SMILES string of the molecule is Cc1cccc(C)c1Oc1ncccc1CNC(=O)c1cc(=O)[nH][nH]1. The molecule has 0 spiro atoms. The molecular weight excluding hydrogens is 320 g/mol. The van der Waals surface area contributed by atoms with Crippen molar-refractivity contribution in [2.24, 2.45) is 0 Å². The summed E-state index contributed by atoms with van der Waals surface area (Å²) in [5.74, 6) is 0.798. The molecule has 2 aromatic heterocycles. The van der Waals surface area contributed by atoms with Crippen LogP contribution in [0.1, 0.15) is 27.2 Å². The van der Waals surface area contributed by atoms with Gasteiger partial charge in [0, 0.05) is 24.4 Å². The maximum atomic E-state index is 12.0. The van der Waals surface area contributed by atoms with Crippen LogP contribution in [0.4, 0.5) is 0 Å². The number of amides is 1. The molecule has 7 nitrogen and oxygen atoms in total. The lowest BCUT2D eigenvalue weighted by Crippen LogP contribution is -2.23. The Morgan fingerprint density at radius 3 is 2.60 bits per heavy atom. The number of nitrogens with zero attached hydrogens (tertiary/aromatic N) is 1. The molecule has 0 fully saturated rings. The van der Waals surface area contributed by atoms with Gasteiger partial charge < -0.3 is 10.1 Å². The van der Waals surface area contributed by atoms with Crippen LogP contribution >= 0.6 is 0 Å². The molecule has 2 heterocycles. The number of nitrogens with one attached hydrogen (secondary N) is 3. The van der Waals surface area contributed by atoms with E-state index in [-0.39, 0.29) is 23.7 Å². The van der Waals surface area contributed by atoms with E-state index >= 15 is 0 Å². The first kappa shape index (κ1) is 16.5. The summed E-state index contributed by atoms with van der Waals surface area (Å²) in [7, 11) is 0. The van der Waals surface area contributed by atoms with Crippen LogP contribution in [0.15, 0.2) is 47.4 Å². The summed E-state index contributed by atoms with van der Waals surface area (Å²) in [6, 6.07) is 10.7. The van der Waals surface area contributed by atoms with Gasteiger partial charge in [-0.1, -0.05) is 24.3 Å². The van der Waals surface area contributed by atoms with Gasteiger partial charge in [0.1, 0.15) is 11.4 Å².